The average molecular weight is 438 g/mol. The Bertz CT molecular complexity index is 1040. The predicted octanol–water partition coefficient (Wildman–Crippen LogP) is 6.00. The highest BCUT2D eigenvalue weighted by Crippen LogP contribution is 2.50. The van der Waals surface area contributed by atoms with Gasteiger partial charge in [0.15, 0.2) is 0 Å². The zero-order valence-corrected chi connectivity index (χ0v) is 19.1. The van der Waals surface area contributed by atoms with Crippen LogP contribution in [0.4, 0.5) is 22.7 Å². The lowest BCUT2D eigenvalue weighted by Gasteiger charge is -2.32. The van der Waals surface area contributed by atoms with Crippen molar-refractivity contribution < 1.29 is 4.79 Å². The quantitative estimate of drug-likeness (QED) is 0.467. The van der Waals surface area contributed by atoms with Gasteiger partial charge in [-0.3, -0.25) is 9.69 Å². The van der Waals surface area contributed by atoms with Crippen LogP contribution in [0.3, 0.4) is 0 Å². The van der Waals surface area contributed by atoms with Gasteiger partial charge in [-0.25, -0.2) is 0 Å². The van der Waals surface area contributed by atoms with Gasteiger partial charge in [-0.1, -0.05) is 23.9 Å². The third-order valence-corrected chi connectivity index (χ3v) is 6.58. The first-order chi connectivity index (χ1) is 14.4. The first kappa shape index (κ1) is 20.6. The number of rotatable bonds is 4. The third-order valence-electron chi connectivity index (χ3n) is 5.18. The van der Waals surface area contributed by atoms with E-state index in [1.54, 1.807) is 11.8 Å². The smallest absolute Gasteiger partial charge is 0.262 e. The summed E-state index contributed by atoms with van der Waals surface area (Å²) in [6.07, 6.45) is 0. The van der Waals surface area contributed by atoms with Gasteiger partial charge >= 0.3 is 0 Å². The number of hydrogen-bond donors (Lipinski definition) is 0. The van der Waals surface area contributed by atoms with Crippen molar-refractivity contribution in [3.63, 3.8) is 0 Å². The van der Waals surface area contributed by atoms with Crippen LogP contribution in [0.5, 0.6) is 0 Å². The molecule has 30 heavy (non-hydrogen) atoms. The molecule has 154 valence electrons. The lowest BCUT2D eigenvalue weighted by atomic mass is 10.1. The number of nitrogens with zero attached hydrogens (tertiary/aromatic N) is 3. The van der Waals surface area contributed by atoms with Crippen LogP contribution < -0.4 is 14.7 Å². The lowest BCUT2D eigenvalue weighted by molar-refractivity contribution is 0.0998. The minimum atomic E-state index is -0.0471. The number of amides is 1. The van der Waals surface area contributed by atoms with E-state index in [2.05, 4.69) is 34.1 Å². The summed E-state index contributed by atoms with van der Waals surface area (Å²) in [5.74, 6) is 0.385. The van der Waals surface area contributed by atoms with E-state index in [1.807, 2.05) is 69.5 Å². The topological polar surface area (TPSA) is 26.8 Å². The average Bonchev–Trinajstić information content (AvgIpc) is 2.76. The van der Waals surface area contributed by atoms with Crippen LogP contribution >= 0.6 is 23.4 Å². The highest BCUT2D eigenvalue weighted by Gasteiger charge is 2.30. The van der Waals surface area contributed by atoms with Crippen molar-refractivity contribution in [3.05, 3.63) is 71.8 Å². The summed E-state index contributed by atoms with van der Waals surface area (Å²) in [7, 11) is 8.09. The fraction of sp³-hybridized carbons (Fsp3) is 0.208. The molecule has 0 aromatic heterocycles. The first-order valence-corrected chi connectivity index (χ1v) is 11.0. The third kappa shape index (κ3) is 3.75. The van der Waals surface area contributed by atoms with Gasteiger partial charge < -0.3 is 9.80 Å². The van der Waals surface area contributed by atoms with E-state index in [4.69, 9.17) is 11.6 Å². The summed E-state index contributed by atoms with van der Waals surface area (Å²) < 4.78 is 0. The van der Waals surface area contributed by atoms with Gasteiger partial charge in [0, 0.05) is 60.8 Å². The zero-order valence-electron chi connectivity index (χ0n) is 17.5. The molecule has 0 atom stereocenters. The molecule has 0 N–H and O–H groups in total. The zero-order chi connectivity index (χ0) is 21.4. The monoisotopic (exact) mass is 437 g/mol. The number of benzene rings is 3. The Labute approximate surface area is 187 Å². The molecule has 0 fully saturated rings. The van der Waals surface area contributed by atoms with Crippen LogP contribution in [0.1, 0.15) is 15.9 Å². The summed E-state index contributed by atoms with van der Waals surface area (Å²) in [5, 5.41) is 0. The standard InChI is InChI=1S/C24H24ClN3OS/c1-26(2)18-9-11-20-22(13-18)30-23-14-19(27(3)4)10-12-21(23)28(20)24(29)17-7-5-16(15-25)6-8-17/h5-14H,15H2,1-4H3. The molecule has 0 spiro atoms. The van der Waals surface area contributed by atoms with E-state index in [0.717, 1.165) is 38.1 Å². The molecule has 6 heteroatoms. The first-order valence-electron chi connectivity index (χ1n) is 9.69. The van der Waals surface area contributed by atoms with E-state index in [9.17, 15) is 4.79 Å². The van der Waals surface area contributed by atoms with Crippen molar-refractivity contribution in [2.45, 2.75) is 15.7 Å². The molecule has 1 aliphatic heterocycles. The van der Waals surface area contributed by atoms with Gasteiger partial charge in [-0.15, -0.1) is 11.6 Å². The highest BCUT2D eigenvalue weighted by atomic mass is 35.5. The van der Waals surface area contributed by atoms with Crippen LogP contribution in [0.25, 0.3) is 0 Å². The van der Waals surface area contributed by atoms with Gasteiger partial charge in [-0.05, 0) is 54.1 Å². The van der Waals surface area contributed by atoms with Crippen LogP contribution in [0, 0.1) is 0 Å². The van der Waals surface area contributed by atoms with E-state index >= 15 is 0 Å². The van der Waals surface area contributed by atoms with Gasteiger partial charge in [0.05, 0.1) is 11.4 Å². The fourth-order valence-electron chi connectivity index (χ4n) is 3.43. The molecule has 4 rings (SSSR count). The maximum absolute atomic E-state index is 13.6. The summed E-state index contributed by atoms with van der Waals surface area (Å²) in [5.41, 5.74) is 5.65. The Kier molecular flexibility index (Phi) is 5.67. The van der Waals surface area contributed by atoms with Crippen molar-refractivity contribution >= 4 is 52.0 Å². The predicted molar refractivity (Wildman–Crippen MR) is 128 cm³/mol. The van der Waals surface area contributed by atoms with Gasteiger partial charge in [0.1, 0.15) is 0 Å². The molecule has 0 saturated carbocycles. The van der Waals surface area contributed by atoms with Crippen LogP contribution in [0.15, 0.2) is 70.5 Å². The van der Waals surface area contributed by atoms with E-state index in [1.165, 1.54) is 0 Å². The van der Waals surface area contributed by atoms with Crippen molar-refractivity contribution in [2.24, 2.45) is 0 Å². The minimum absolute atomic E-state index is 0.0471. The Morgan fingerprint density at radius 2 is 1.33 bits per heavy atom. The van der Waals surface area contributed by atoms with Gasteiger partial charge in [-0.2, -0.15) is 0 Å². The normalized spacial score (nSPS) is 12.2. The van der Waals surface area contributed by atoms with Gasteiger partial charge in [0.2, 0.25) is 0 Å². The number of hydrogen-bond acceptors (Lipinski definition) is 4. The van der Waals surface area contributed by atoms with Crippen molar-refractivity contribution in [2.75, 3.05) is 42.9 Å². The number of carbonyl (C=O) groups is 1. The second-order valence-electron chi connectivity index (χ2n) is 7.67. The van der Waals surface area contributed by atoms with E-state index in [0.29, 0.717) is 11.4 Å². The molecule has 1 amide bonds. The summed E-state index contributed by atoms with van der Waals surface area (Å²) in [6, 6.07) is 20.0. The number of carbonyl (C=O) groups excluding carboxylic acids is 1. The molecule has 1 aliphatic rings. The lowest BCUT2D eigenvalue weighted by Crippen LogP contribution is -2.28. The molecule has 3 aromatic carbocycles. The molecule has 3 aromatic rings. The minimum Gasteiger partial charge on any atom is -0.378 e. The summed E-state index contributed by atoms with van der Waals surface area (Å²) in [6.45, 7) is 0. The molecule has 0 saturated heterocycles. The molecule has 1 heterocycles. The second kappa shape index (κ2) is 8.25. The number of halogens is 1. The molecule has 0 aliphatic carbocycles. The molecular formula is C24H24ClN3OS. The maximum atomic E-state index is 13.6. The highest BCUT2D eigenvalue weighted by molar-refractivity contribution is 7.99. The van der Waals surface area contributed by atoms with Crippen molar-refractivity contribution in [1.29, 1.82) is 0 Å². The van der Waals surface area contributed by atoms with Crippen molar-refractivity contribution in [1.82, 2.24) is 0 Å². The fourth-order valence-corrected chi connectivity index (χ4v) is 4.73. The Morgan fingerprint density at radius 1 is 0.833 bits per heavy atom. The number of fused-ring (bicyclic) bond motifs is 2. The van der Waals surface area contributed by atoms with E-state index in [-0.39, 0.29) is 5.91 Å². The van der Waals surface area contributed by atoms with Crippen LogP contribution in [-0.2, 0) is 5.88 Å². The SMILES string of the molecule is CN(C)c1ccc2c(c1)Sc1cc(N(C)C)ccc1N2C(=O)c1ccc(CCl)cc1. The Hall–Kier alpha value is -2.63. The maximum Gasteiger partial charge on any atom is 0.262 e. The Morgan fingerprint density at radius 3 is 1.77 bits per heavy atom. The van der Waals surface area contributed by atoms with E-state index < -0.39 is 0 Å². The Balaban J connectivity index is 1.85. The largest absolute Gasteiger partial charge is 0.378 e. The molecule has 4 nitrogen and oxygen atoms in total. The molecule has 0 unspecified atom stereocenters. The molecular weight excluding hydrogens is 414 g/mol. The number of alkyl halides is 1. The van der Waals surface area contributed by atoms with Crippen molar-refractivity contribution in [3.8, 4) is 0 Å². The summed E-state index contributed by atoms with van der Waals surface area (Å²) in [4.78, 5) is 21.7. The molecule has 0 bridgehead atoms. The summed E-state index contributed by atoms with van der Waals surface area (Å²) >= 11 is 7.62. The van der Waals surface area contributed by atoms with Crippen LogP contribution in [-0.4, -0.2) is 34.1 Å². The van der Waals surface area contributed by atoms with Gasteiger partial charge in [0.25, 0.3) is 5.91 Å². The molecule has 0 radical (unpaired) electrons. The van der Waals surface area contributed by atoms with Crippen LogP contribution in [0.2, 0.25) is 0 Å². The second-order valence-corrected chi connectivity index (χ2v) is 9.02. The number of anilines is 4.